The number of ketones is 2. The predicted molar refractivity (Wildman–Crippen MR) is 124 cm³/mol. The van der Waals surface area contributed by atoms with Gasteiger partial charge in [0.1, 0.15) is 6.04 Å². The van der Waals surface area contributed by atoms with Crippen molar-refractivity contribution in [3.8, 4) is 0 Å². The van der Waals surface area contributed by atoms with E-state index in [1.165, 1.54) is 26.2 Å². The molecule has 2 amide bonds. The summed E-state index contributed by atoms with van der Waals surface area (Å²) >= 11 is 7.35. The Hall–Kier alpha value is -0.760. The number of carbonyl (C=O) groups is 4. The standard InChI is InChI=1S/C23H32Br2N2O4/c1-12(15-6-4-3-5-7-15)22(31)27-11-16-18(23(16,24)25)19(27)21(30)26-17(10-14-8-9-14)20(29)13(2)28/h12,14-19H,3-11H2,1-2H3,(H,26,30)/t12-,16-,17-,18-,19-/m0/s1. The summed E-state index contributed by atoms with van der Waals surface area (Å²) in [5.41, 5.74) is 0. The van der Waals surface area contributed by atoms with Crippen LogP contribution in [0.1, 0.15) is 65.2 Å². The Bertz CT molecular complexity index is 776. The highest BCUT2D eigenvalue weighted by Gasteiger charge is 2.72. The predicted octanol–water partition coefficient (Wildman–Crippen LogP) is 3.59. The number of amides is 2. The fourth-order valence-corrected chi connectivity index (χ4v) is 7.39. The van der Waals surface area contributed by atoms with Crippen LogP contribution in [0.25, 0.3) is 0 Å². The number of hydrogen-bond donors (Lipinski definition) is 1. The Morgan fingerprint density at radius 1 is 1.06 bits per heavy atom. The normalized spacial score (nSPS) is 31.5. The first-order valence-electron chi connectivity index (χ1n) is 11.7. The topological polar surface area (TPSA) is 83.6 Å². The average molecular weight is 560 g/mol. The van der Waals surface area contributed by atoms with Crippen LogP contribution in [-0.2, 0) is 19.2 Å². The first kappa shape index (κ1) is 23.4. The van der Waals surface area contributed by atoms with Crippen molar-refractivity contribution in [3.05, 3.63) is 0 Å². The zero-order valence-corrected chi connectivity index (χ0v) is 21.4. The molecule has 0 unspecified atom stereocenters. The number of nitrogens with one attached hydrogen (secondary N) is 1. The van der Waals surface area contributed by atoms with Crippen molar-refractivity contribution < 1.29 is 19.2 Å². The van der Waals surface area contributed by atoms with Crippen molar-refractivity contribution in [2.24, 2.45) is 29.6 Å². The molecular formula is C23H32Br2N2O4. The monoisotopic (exact) mass is 558 g/mol. The second kappa shape index (κ2) is 8.88. The van der Waals surface area contributed by atoms with Crippen molar-refractivity contribution in [1.82, 2.24) is 10.2 Å². The van der Waals surface area contributed by atoms with E-state index >= 15 is 0 Å². The molecule has 8 heteroatoms. The number of rotatable bonds is 8. The van der Waals surface area contributed by atoms with Gasteiger partial charge in [-0.15, -0.1) is 0 Å². The number of hydrogen-bond acceptors (Lipinski definition) is 4. The van der Waals surface area contributed by atoms with Gasteiger partial charge in [-0.25, -0.2) is 0 Å². The number of nitrogens with zero attached hydrogens (tertiary/aromatic N) is 1. The molecular weight excluding hydrogens is 528 g/mol. The quantitative estimate of drug-likeness (QED) is 0.364. The van der Waals surface area contributed by atoms with Gasteiger partial charge in [-0.1, -0.05) is 70.9 Å². The molecule has 3 saturated carbocycles. The van der Waals surface area contributed by atoms with Gasteiger partial charge in [0.15, 0.2) is 5.78 Å². The number of fused-ring (bicyclic) bond motifs is 1. The van der Waals surface area contributed by atoms with Gasteiger partial charge in [0.2, 0.25) is 17.6 Å². The molecule has 1 saturated heterocycles. The number of carbonyl (C=O) groups excluding carboxylic acids is 4. The van der Waals surface area contributed by atoms with Gasteiger partial charge in [0.25, 0.3) is 0 Å². The second-order valence-corrected chi connectivity index (χ2v) is 13.8. The van der Waals surface area contributed by atoms with Gasteiger partial charge in [-0.3, -0.25) is 19.2 Å². The zero-order chi connectivity index (χ0) is 22.5. The van der Waals surface area contributed by atoms with Crippen molar-refractivity contribution in [2.45, 2.75) is 80.5 Å². The van der Waals surface area contributed by atoms with Gasteiger partial charge in [-0.2, -0.15) is 0 Å². The van der Waals surface area contributed by atoms with E-state index < -0.39 is 23.7 Å². The second-order valence-electron chi connectivity index (χ2n) is 10.1. The van der Waals surface area contributed by atoms with Crippen LogP contribution in [0.2, 0.25) is 0 Å². The van der Waals surface area contributed by atoms with Gasteiger partial charge < -0.3 is 10.2 Å². The van der Waals surface area contributed by atoms with Crippen LogP contribution in [0, 0.1) is 29.6 Å². The highest BCUT2D eigenvalue weighted by Crippen LogP contribution is 2.67. The number of alkyl halides is 2. The molecule has 0 aromatic rings. The summed E-state index contributed by atoms with van der Waals surface area (Å²) in [5.74, 6) is -0.541. The molecule has 3 aliphatic carbocycles. The molecule has 172 valence electrons. The average Bonchev–Trinajstić information content (AvgIpc) is 3.59. The Morgan fingerprint density at radius 2 is 1.71 bits per heavy atom. The molecule has 4 aliphatic rings. The lowest BCUT2D eigenvalue weighted by atomic mass is 9.80. The van der Waals surface area contributed by atoms with Crippen LogP contribution in [0.3, 0.4) is 0 Å². The molecule has 4 rings (SSSR count). The molecule has 1 N–H and O–H groups in total. The van der Waals surface area contributed by atoms with Crippen molar-refractivity contribution >= 4 is 55.2 Å². The summed E-state index contributed by atoms with van der Waals surface area (Å²) < 4.78 is -0.344. The van der Waals surface area contributed by atoms with E-state index in [9.17, 15) is 19.2 Å². The number of piperidine rings is 1. The molecule has 0 aromatic heterocycles. The number of Topliss-reactive ketones (excluding diaryl/α,β-unsaturated/α-hetero) is 2. The third kappa shape index (κ3) is 4.66. The first-order chi connectivity index (χ1) is 14.6. The van der Waals surface area contributed by atoms with E-state index in [2.05, 4.69) is 37.2 Å². The molecule has 31 heavy (non-hydrogen) atoms. The zero-order valence-electron chi connectivity index (χ0n) is 18.2. The summed E-state index contributed by atoms with van der Waals surface area (Å²) in [7, 11) is 0. The summed E-state index contributed by atoms with van der Waals surface area (Å²) in [6, 6.07) is -1.41. The fourth-order valence-electron chi connectivity index (χ4n) is 5.65. The van der Waals surface area contributed by atoms with Crippen LogP contribution >= 0.6 is 31.9 Å². The lowest BCUT2D eigenvalue weighted by Gasteiger charge is -2.35. The minimum Gasteiger partial charge on any atom is -0.344 e. The van der Waals surface area contributed by atoms with Crippen molar-refractivity contribution in [2.75, 3.05) is 6.54 Å². The van der Waals surface area contributed by atoms with Gasteiger partial charge >= 0.3 is 0 Å². The highest BCUT2D eigenvalue weighted by molar-refractivity contribution is 9.25. The molecule has 6 nitrogen and oxygen atoms in total. The number of likely N-dealkylation sites (tertiary alicyclic amines) is 1. The lowest BCUT2D eigenvalue weighted by molar-refractivity contribution is -0.145. The molecule has 4 fully saturated rings. The van der Waals surface area contributed by atoms with Gasteiger partial charge in [0.05, 0.1) is 9.28 Å². The molecule has 5 atom stereocenters. The third-order valence-corrected chi connectivity index (χ3v) is 10.1. The minimum absolute atomic E-state index is 0.0380. The van der Waals surface area contributed by atoms with Gasteiger partial charge in [-0.05, 0) is 31.1 Å². The van der Waals surface area contributed by atoms with E-state index in [1.807, 2.05) is 6.92 Å². The van der Waals surface area contributed by atoms with E-state index in [-0.39, 0.29) is 32.8 Å². The molecule has 0 spiro atoms. The minimum atomic E-state index is -0.789. The summed E-state index contributed by atoms with van der Waals surface area (Å²) in [5, 5.41) is 2.86. The molecule has 0 radical (unpaired) electrons. The highest BCUT2D eigenvalue weighted by atomic mass is 79.9. The lowest BCUT2D eigenvalue weighted by Crippen LogP contribution is -2.55. The van der Waals surface area contributed by atoms with E-state index in [0.29, 0.717) is 24.8 Å². The smallest absolute Gasteiger partial charge is 0.243 e. The molecule has 0 aromatic carbocycles. The molecule has 0 bridgehead atoms. The third-order valence-electron chi connectivity index (χ3n) is 7.88. The fraction of sp³-hybridized carbons (Fsp3) is 0.826. The maximum atomic E-state index is 13.4. The summed E-state index contributed by atoms with van der Waals surface area (Å²) in [6.45, 7) is 3.79. The Labute approximate surface area is 200 Å². The Balaban J connectivity index is 1.49. The van der Waals surface area contributed by atoms with Crippen LogP contribution in [-0.4, -0.2) is 50.1 Å². The van der Waals surface area contributed by atoms with Crippen LogP contribution < -0.4 is 5.32 Å². The van der Waals surface area contributed by atoms with Crippen molar-refractivity contribution in [1.29, 1.82) is 0 Å². The first-order valence-corrected chi connectivity index (χ1v) is 13.2. The van der Waals surface area contributed by atoms with E-state index in [4.69, 9.17) is 0 Å². The van der Waals surface area contributed by atoms with Crippen molar-refractivity contribution in [3.63, 3.8) is 0 Å². The molecule has 1 aliphatic heterocycles. The summed E-state index contributed by atoms with van der Waals surface area (Å²) in [6.07, 6.45) is 8.27. The largest absolute Gasteiger partial charge is 0.344 e. The van der Waals surface area contributed by atoms with E-state index in [0.717, 1.165) is 25.7 Å². The maximum Gasteiger partial charge on any atom is 0.243 e. The van der Waals surface area contributed by atoms with E-state index in [1.54, 1.807) is 4.90 Å². The molecule has 1 heterocycles. The van der Waals surface area contributed by atoms with Crippen LogP contribution in [0.5, 0.6) is 0 Å². The van der Waals surface area contributed by atoms with Gasteiger partial charge in [0, 0.05) is 31.2 Å². The maximum absolute atomic E-state index is 13.4. The number of halogens is 2. The van der Waals surface area contributed by atoms with Crippen LogP contribution in [0.15, 0.2) is 0 Å². The Kier molecular flexibility index (Phi) is 6.70. The SMILES string of the molecule is CC(=O)C(=O)[C@H](CC1CC1)NC(=O)[C@@H]1[C@@H]2[C@H](CN1C(=O)[C@@H](C)C1CCCCC1)C2(Br)Br. The van der Waals surface area contributed by atoms with Crippen LogP contribution in [0.4, 0.5) is 0 Å². The summed E-state index contributed by atoms with van der Waals surface area (Å²) in [4.78, 5) is 52.8. The Morgan fingerprint density at radius 3 is 2.29 bits per heavy atom.